The molecule has 4 nitrogen and oxygen atoms in total. The molecule has 1 fully saturated rings. The van der Waals surface area contributed by atoms with Crippen LogP contribution in [0, 0.1) is 0 Å². The van der Waals surface area contributed by atoms with Gasteiger partial charge in [-0.2, -0.15) is 11.8 Å². The Morgan fingerprint density at radius 2 is 2.47 bits per heavy atom. The standard InChI is InChI=1S/C10H22N4S/c1-3-4-5-12-10(13-11)14-6-7-15-9(2)8-14/h9H,3-8,11H2,1-2H3,(H,12,13). The predicted molar refractivity (Wildman–Crippen MR) is 68.0 cm³/mol. The van der Waals surface area contributed by atoms with Gasteiger partial charge in [-0.05, 0) is 6.42 Å². The number of hydrogen-bond acceptors (Lipinski definition) is 3. The summed E-state index contributed by atoms with van der Waals surface area (Å²) in [5.74, 6) is 7.52. The smallest absolute Gasteiger partial charge is 0.208 e. The van der Waals surface area contributed by atoms with Crippen LogP contribution < -0.4 is 11.3 Å². The van der Waals surface area contributed by atoms with Crippen molar-refractivity contribution in [2.75, 3.05) is 25.4 Å². The normalized spacial score (nSPS) is 23.0. The molecule has 1 aliphatic heterocycles. The highest BCUT2D eigenvalue weighted by atomic mass is 32.2. The first-order chi connectivity index (χ1) is 7.27. The second-order valence-electron chi connectivity index (χ2n) is 3.83. The lowest BCUT2D eigenvalue weighted by Gasteiger charge is -2.32. The van der Waals surface area contributed by atoms with Crippen molar-refractivity contribution in [3.63, 3.8) is 0 Å². The highest BCUT2D eigenvalue weighted by Gasteiger charge is 2.18. The molecule has 0 radical (unpaired) electrons. The highest BCUT2D eigenvalue weighted by molar-refractivity contribution is 7.99. The second-order valence-corrected chi connectivity index (χ2v) is 5.38. The number of hydrazine groups is 1. The molecule has 0 saturated carbocycles. The third kappa shape index (κ3) is 4.30. The molecule has 1 rings (SSSR count). The summed E-state index contributed by atoms with van der Waals surface area (Å²) in [6, 6.07) is 0. The van der Waals surface area contributed by atoms with Gasteiger partial charge < -0.3 is 4.90 Å². The van der Waals surface area contributed by atoms with Crippen molar-refractivity contribution in [1.82, 2.24) is 10.3 Å². The van der Waals surface area contributed by atoms with E-state index >= 15 is 0 Å². The van der Waals surface area contributed by atoms with Gasteiger partial charge in [0.2, 0.25) is 5.96 Å². The molecule has 1 aliphatic rings. The molecule has 0 aromatic carbocycles. The Labute approximate surface area is 96.7 Å². The molecule has 0 spiro atoms. The SMILES string of the molecule is CCCCN=C(NN)N1CCSC(C)C1. The Hall–Kier alpha value is -0.420. The first kappa shape index (κ1) is 12.6. The van der Waals surface area contributed by atoms with Gasteiger partial charge in [-0.3, -0.25) is 10.4 Å². The van der Waals surface area contributed by atoms with E-state index in [0.29, 0.717) is 5.25 Å². The van der Waals surface area contributed by atoms with Crippen molar-refractivity contribution < 1.29 is 0 Å². The Morgan fingerprint density at radius 3 is 3.07 bits per heavy atom. The summed E-state index contributed by atoms with van der Waals surface area (Å²) < 4.78 is 0. The van der Waals surface area contributed by atoms with E-state index in [0.717, 1.165) is 37.8 Å². The summed E-state index contributed by atoms with van der Waals surface area (Å²) in [7, 11) is 0. The number of rotatable bonds is 3. The van der Waals surface area contributed by atoms with Crippen LogP contribution >= 0.6 is 11.8 Å². The van der Waals surface area contributed by atoms with Gasteiger partial charge in [-0.15, -0.1) is 0 Å². The fraction of sp³-hybridized carbons (Fsp3) is 0.900. The molecule has 88 valence electrons. The summed E-state index contributed by atoms with van der Waals surface area (Å²) in [4.78, 5) is 6.73. The molecular weight excluding hydrogens is 208 g/mol. The average molecular weight is 230 g/mol. The van der Waals surface area contributed by atoms with Crippen LogP contribution in [0.2, 0.25) is 0 Å². The minimum Gasteiger partial charge on any atom is -0.340 e. The minimum absolute atomic E-state index is 0.670. The summed E-state index contributed by atoms with van der Waals surface area (Å²) in [5, 5.41) is 0.670. The van der Waals surface area contributed by atoms with Gasteiger partial charge in [-0.25, -0.2) is 5.84 Å². The zero-order chi connectivity index (χ0) is 11.1. The van der Waals surface area contributed by atoms with Crippen LogP contribution in [0.4, 0.5) is 0 Å². The molecule has 0 amide bonds. The number of unbranched alkanes of at least 4 members (excludes halogenated alkanes) is 1. The summed E-state index contributed by atoms with van der Waals surface area (Å²) >= 11 is 2.01. The van der Waals surface area contributed by atoms with E-state index in [-0.39, 0.29) is 0 Å². The average Bonchev–Trinajstić information content (AvgIpc) is 2.24. The van der Waals surface area contributed by atoms with Crippen molar-refractivity contribution in [2.45, 2.75) is 31.9 Å². The molecule has 5 heteroatoms. The van der Waals surface area contributed by atoms with Gasteiger partial charge in [0.25, 0.3) is 0 Å². The number of thioether (sulfide) groups is 1. The third-order valence-corrected chi connectivity index (χ3v) is 3.58. The molecular formula is C10H22N4S. The summed E-state index contributed by atoms with van der Waals surface area (Å²) in [6.45, 7) is 7.37. The fourth-order valence-corrected chi connectivity index (χ4v) is 2.60. The monoisotopic (exact) mass is 230 g/mol. The molecule has 0 bridgehead atoms. The molecule has 0 aliphatic carbocycles. The van der Waals surface area contributed by atoms with E-state index in [9.17, 15) is 0 Å². The fourth-order valence-electron chi connectivity index (χ4n) is 1.59. The van der Waals surface area contributed by atoms with Crippen molar-refractivity contribution in [2.24, 2.45) is 10.8 Å². The number of nitrogens with zero attached hydrogens (tertiary/aromatic N) is 2. The van der Waals surface area contributed by atoms with Gasteiger partial charge >= 0.3 is 0 Å². The summed E-state index contributed by atoms with van der Waals surface area (Å²) in [6.07, 6.45) is 2.30. The first-order valence-corrected chi connectivity index (χ1v) is 6.70. The molecule has 0 aromatic heterocycles. The van der Waals surface area contributed by atoms with Crippen LogP contribution in [0.15, 0.2) is 4.99 Å². The maximum Gasteiger partial charge on any atom is 0.208 e. The van der Waals surface area contributed by atoms with Crippen LogP contribution in [0.5, 0.6) is 0 Å². The Morgan fingerprint density at radius 1 is 1.67 bits per heavy atom. The molecule has 1 atom stereocenters. The molecule has 15 heavy (non-hydrogen) atoms. The van der Waals surface area contributed by atoms with Crippen LogP contribution in [-0.4, -0.2) is 41.5 Å². The summed E-state index contributed by atoms with van der Waals surface area (Å²) in [5.41, 5.74) is 2.72. The van der Waals surface area contributed by atoms with E-state index < -0.39 is 0 Å². The molecule has 0 aromatic rings. The van der Waals surface area contributed by atoms with Crippen molar-refractivity contribution in [1.29, 1.82) is 0 Å². The van der Waals surface area contributed by atoms with Gasteiger partial charge in [-0.1, -0.05) is 20.3 Å². The lowest BCUT2D eigenvalue weighted by molar-refractivity contribution is 0.418. The van der Waals surface area contributed by atoms with Crippen molar-refractivity contribution >= 4 is 17.7 Å². The van der Waals surface area contributed by atoms with Crippen LogP contribution in [0.3, 0.4) is 0 Å². The second kappa shape index (κ2) is 6.95. The molecule has 1 saturated heterocycles. The van der Waals surface area contributed by atoms with Gasteiger partial charge in [0.15, 0.2) is 0 Å². The van der Waals surface area contributed by atoms with Gasteiger partial charge in [0.05, 0.1) is 0 Å². The van der Waals surface area contributed by atoms with Crippen LogP contribution in [0.25, 0.3) is 0 Å². The maximum atomic E-state index is 5.50. The van der Waals surface area contributed by atoms with Crippen molar-refractivity contribution in [3.8, 4) is 0 Å². The zero-order valence-electron chi connectivity index (χ0n) is 9.70. The third-order valence-electron chi connectivity index (χ3n) is 2.44. The van der Waals surface area contributed by atoms with Gasteiger partial charge in [0.1, 0.15) is 0 Å². The Bertz CT molecular complexity index is 208. The molecule has 1 heterocycles. The maximum absolute atomic E-state index is 5.50. The number of nitrogens with one attached hydrogen (secondary N) is 1. The van der Waals surface area contributed by atoms with E-state index in [4.69, 9.17) is 5.84 Å². The predicted octanol–water partition coefficient (Wildman–Crippen LogP) is 1.04. The lowest BCUT2D eigenvalue weighted by atomic mass is 10.3. The van der Waals surface area contributed by atoms with E-state index in [1.807, 2.05) is 11.8 Å². The number of hydrogen-bond donors (Lipinski definition) is 2. The quantitative estimate of drug-likeness (QED) is 0.250. The van der Waals surface area contributed by atoms with Gasteiger partial charge in [0, 0.05) is 30.6 Å². The van der Waals surface area contributed by atoms with Crippen LogP contribution in [-0.2, 0) is 0 Å². The molecule has 1 unspecified atom stereocenters. The van der Waals surface area contributed by atoms with Crippen molar-refractivity contribution in [3.05, 3.63) is 0 Å². The minimum atomic E-state index is 0.670. The number of nitrogens with two attached hydrogens (primary N) is 1. The van der Waals surface area contributed by atoms with E-state index in [1.54, 1.807) is 0 Å². The van der Waals surface area contributed by atoms with Crippen LogP contribution in [0.1, 0.15) is 26.7 Å². The zero-order valence-corrected chi connectivity index (χ0v) is 10.5. The Kier molecular flexibility index (Phi) is 5.86. The highest BCUT2D eigenvalue weighted by Crippen LogP contribution is 2.17. The lowest BCUT2D eigenvalue weighted by Crippen LogP contribution is -2.49. The number of aliphatic imine (C=N–C) groups is 1. The van der Waals surface area contributed by atoms with E-state index in [2.05, 4.69) is 29.2 Å². The Balaban J connectivity index is 2.45. The first-order valence-electron chi connectivity index (χ1n) is 5.65. The number of guanidine groups is 1. The van der Waals surface area contributed by atoms with E-state index in [1.165, 1.54) is 6.42 Å². The molecule has 3 N–H and O–H groups in total. The largest absolute Gasteiger partial charge is 0.340 e. The topological polar surface area (TPSA) is 53.6 Å².